The van der Waals surface area contributed by atoms with E-state index in [-0.39, 0.29) is 16.6 Å². The van der Waals surface area contributed by atoms with Gasteiger partial charge in [0, 0.05) is 28.6 Å². The summed E-state index contributed by atoms with van der Waals surface area (Å²) in [5.41, 5.74) is 2.27. The smallest absolute Gasteiger partial charge is 0.240 e. The van der Waals surface area contributed by atoms with Crippen molar-refractivity contribution in [3.63, 3.8) is 0 Å². The Labute approximate surface area is 224 Å². The van der Waals surface area contributed by atoms with Crippen molar-refractivity contribution in [2.24, 2.45) is 0 Å². The summed E-state index contributed by atoms with van der Waals surface area (Å²) in [7, 11) is -3.55. The van der Waals surface area contributed by atoms with E-state index in [0.29, 0.717) is 34.8 Å². The SMILES string of the molecule is CCNS(=O)(=O)c1ccc(NC(=O)CSc2nnc(CNc3ccc(Cl)cc3)n2-c2ccccc2)cc1. The fraction of sp³-hybridized carbons (Fsp3) is 0.160. The van der Waals surface area contributed by atoms with E-state index in [9.17, 15) is 13.2 Å². The molecule has 37 heavy (non-hydrogen) atoms. The van der Waals surface area contributed by atoms with Gasteiger partial charge >= 0.3 is 0 Å². The van der Waals surface area contributed by atoms with Gasteiger partial charge in [0.15, 0.2) is 11.0 Å². The van der Waals surface area contributed by atoms with Gasteiger partial charge in [-0.3, -0.25) is 9.36 Å². The van der Waals surface area contributed by atoms with Crippen molar-refractivity contribution in [2.75, 3.05) is 22.9 Å². The lowest BCUT2D eigenvalue weighted by atomic mass is 10.3. The first kappa shape index (κ1) is 26.7. The van der Waals surface area contributed by atoms with Gasteiger partial charge in [-0.25, -0.2) is 13.1 Å². The van der Waals surface area contributed by atoms with E-state index in [1.165, 1.54) is 23.9 Å². The summed E-state index contributed by atoms with van der Waals surface area (Å²) in [6.45, 7) is 2.42. The summed E-state index contributed by atoms with van der Waals surface area (Å²) in [5.74, 6) is 0.518. The molecule has 0 fully saturated rings. The Morgan fingerprint density at radius 2 is 1.62 bits per heavy atom. The highest BCUT2D eigenvalue weighted by Crippen LogP contribution is 2.23. The number of hydrogen-bond acceptors (Lipinski definition) is 7. The first-order valence-electron chi connectivity index (χ1n) is 11.4. The maximum Gasteiger partial charge on any atom is 0.240 e. The minimum absolute atomic E-state index is 0.0903. The number of carbonyl (C=O) groups is 1. The molecule has 4 rings (SSSR count). The lowest BCUT2D eigenvalue weighted by Crippen LogP contribution is -2.23. The van der Waals surface area contributed by atoms with Gasteiger partial charge in [0.25, 0.3) is 0 Å². The van der Waals surface area contributed by atoms with Gasteiger partial charge in [0.2, 0.25) is 15.9 Å². The Bertz CT molecular complexity index is 1440. The second kappa shape index (κ2) is 12.2. The molecular weight excluding hydrogens is 532 g/mol. The van der Waals surface area contributed by atoms with Gasteiger partial charge < -0.3 is 10.6 Å². The van der Waals surface area contributed by atoms with Crippen LogP contribution in [0.4, 0.5) is 11.4 Å². The number of para-hydroxylation sites is 1. The van der Waals surface area contributed by atoms with Crippen molar-refractivity contribution in [1.29, 1.82) is 0 Å². The number of amides is 1. The third kappa shape index (κ3) is 7.10. The van der Waals surface area contributed by atoms with Crippen LogP contribution in [0, 0.1) is 0 Å². The van der Waals surface area contributed by atoms with E-state index < -0.39 is 10.0 Å². The van der Waals surface area contributed by atoms with Crippen LogP contribution in [0.1, 0.15) is 12.7 Å². The van der Waals surface area contributed by atoms with Gasteiger partial charge in [0.1, 0.15) is 0 Å². The van der Waals surface area contributed by atoms with Gasteiger partial charge in [-0.15, -0.1) is 10.2 Å². The number of halogens is 1. The number of thioether (sulfide) groups is 1. The van der Waals surface area contributed by atoms with E-state index in [0.717, 1.165) is 11.4 Å². The molecule has 0 aliphatic rings. The van der Waals surface area contributed by atoms with E-state index in [2.05, 4.69) is 25.6 Å². The lowest BCUT2D eigenvalue weighted by molar-refractivity contribution is -0.113. The molecular formula is C25H25ClN6O3S2. The van der Waals surface area contributed by atoms with Crippen LogP contribution < -0.4 is 15.4 Å². The Morgan fingerprint density at radius 1 is 0.946 bits per heavy atom. The molecule has 0 spiro atoms. The van der Waals surface area contributed by atoms with Crippen molar-refractivity contribution in [2.45, 2.75) is 23.5 Å². The molecule has 4 aromatic rings. The number of benzene rings is 3. The van der Waals surface area contributed by atoms with Gasteiger partial charge in [0.05, 0.1) is 17.2 Å². The van der Waals surface area contributed by atoms with Crippen LogP contribution in [-0.2, 0) is 21.4 Å². The van der Waals surface area contributed by atoms with Crippen molar-refractivity contribution in [3.05, 3.63) is 89.7 Å². The topological polar surface area (TPSA) is 118 Å². The lowest BCUT2D eigenvalue weighted by Gasteiger charge is -2.12. The van der Waals surface area contributed by atoms with E-state index >= 15 is 0 Å². The second-order valence-electron chi connectivity index (χ2n) is 7.79. The minimum atomic E-state index is -3.55. The van der Waals surface area contributed by atoms with E-state index in [4.69, 9.17) is 11.6 Å². The Hall–Kier alpha value is -3.38. The van der Waals surface area contributed by atoms with Crippen molar-refractivity contribution in [1.82, 2.24) is 19.5 Å². The Balaban J connectivity index is 1.43. The fourth-order valence-corrected chi connectivity index (χ4v) is 5.35. The molecule has 0 saturated carbocycles. The van der Waals surface area contributed by atoms with Crippen molar-refractivity contribution in [3.8, 4) is 5.69 Å². The van der Waals surface area contributed by atoms with Gasteiger partial charge in [-0.05, 0) is 60.7 Å². The molecule has 0 bridgehead atoms. The largest absolute Gasteiger partial charge is 0.378 e. The third-order valence-electron chi connectivity index (χ3n) is 5.12. The van der Waals surface area contributed by atoms with Crippen LogP contribution in [0.5, 0.6) is 0 Å². The zero-order valence-electron chi connectivity index (χ0n) is 19.9. The summed E-state index contributed by atoms with van der Waals surface area (Å²) in [4.78, 5) is 12.8. The molecule has 0 radical (unpaired) electrons. The summed E-state index contributed by atoms with van der Waals surface area (Å²) in [6.07, 6.45) is 0. The number of carbonyl (C=O) groups excluding carboxylic acids is 1. The minimum Gasteiger partial charge on any atom is -0.378 e. The number of aromatic nitrogens is 3. The first-order valence-corrected chi connectivity index (χ1v) is 14.2. The number of rotatable bonds is 11. The number of hydrogen-bond donors (Lipinski definition) is 3. The molecule has 0 aliphatic carbocycles. The average molecular weight is 557 g/mol. The summed E-state index contributed by atoms with van der Waals surface area (Å²) < 4.78 is 28.5. The number of nitrogens with one attached hydrogen (secondary N) is 3. The van der Waals surface area contributed by atoms with Gasteiger partial charge in [-0.2, -0.15) is 0 Å². The molecule has 1 aromatic heterocycles. The highest BCUT2D eigenvalue weighted by Gasteiger charge is 2.17. The fourth-order valence-electron chi connectivity index (χ4n) is 3.41. The number of sulfonamides is 1. The molecule has 9 nitrogen and oxygen atoms in total. The first-order chi connectivity index (χ1) is 17.9. The standard InChI is InChI=1S/C25H25ClN6O3S2/c1-2-28-37(34,35)22-14-12-20(13-15-22)29-24(33)17-36-25-31-30-23(32(25)21-6-4-3-5-7-21)16-27-19-10-8-18(26)9-11-19/h3-15,27-28H,2,16-17H2,1H3,(H,29,33). The van der Waals surface area contributed by atoms with Crippen LogP contribution in [0.15, 0.2) is 88.9 Å². The molecule has 12 heteroatoms. The molecule has 1 amide bonds. The molecule has 0 unspecified atom stereocenters. The summed E-state index contributed by atoms with van der Waals surface area (Å²) in [6, 6.07) is 23.1. The monoisotopic (exact) mass is 556 g/mol. The van der Waals surface area contributed by atoms with Gasteiger partial charge in [-0.1, -0.05) is 48.5 Å². The molecule has 3 N–H and O–H groups in total. The molecule has 3 aromatic carbocycles. The van der Waals surface area contributed by atoms with Crippen LogP contribution in [0.3, 0.4) is 0 Å². The van der Waals surface area contributed by atoms with Crippen LogP contribution in [-0.4, -0.2) is 41.4 Å². The zero-order chi connectivity index (χ0) is 26.3. The predicted molar refractivity (Wildman–Crippen MR) is 147 cm³/mol. The normalized spacial score (nSPS) is 11.3. The highest BCUT2D eigenvalue weighted by molar-refractivity contribution is 7.99. The second-order valence-corrected chi connectivity index (χ2v) is 10.9. The quantitative estimate of drug-likeness (QED) is 0.232. The van der Waals surface area contributed by atoms with Crippen molar-refractivity contribution < 1.29 is 13.2 Å². The van der Waals surface area contributed by atoms with Crippen LogP contribution in [0.25, 0.3) is 5.69 Å². The zero-order valence-corrected chi connectivity index (χ0v) is 22.3. The molecule has 192 valence electrons. The Kier molecular flexibility index (Phi) is 8.82. The maximum absolute atomic E-state index is 12.6. The Morgan fingerprint density at radius 3 is 2.30 bits per heavy atom. The molecule has 1 heterocycles. The average Bonchev–Trinajstić information content (AvgIpc) is 3.31. The maximum atomic E-state index is 12.6. The predicted octanol–water partition coefficient (Wildman–Crippen LogP) is 4.56. The van der Waals surface area contributed by atoms with E-state index in [1.54, 1.807) is 31.2 Å². The van der Waals surface area contributed by atoms with Crippen molar-refractivity contribution >= 4 is 50.7 Å². The number of nitrogens with zero attached hydrogens (tertiary/aromatic N) is 3. The van der Waals surface area contributed by atoms with E-state index in [1.807, 2.05) is 47.0 Å². The summed E-state index contributed by atoms with van der Waals surface area (Å²) in [5, 5.41) is 16.0. The molecule has 0 aliphatic heterocycles. The third-order valence-corrected chi connectivity index (χ3v) is 7.87. The number of anilines is 2. The molecule has 0 saturated heterocycles. The van der Waals surface area contributed by atoms with Crippen LogP contribution in [0.2, 0.25) is 5.02 Å². The summed E-state index contributed by atoms with van der Waals surface area (Å²) >= 11 is 7.22. The highest BCUT2D eigenvalue weighted by atomic mass is 35.5. The molecule has 0 atom stereocenters. The van der Waals surface area contributed by atoms with Crippen LogP contribution >= 0.6 is 23.4 Å².